The van der Waals surface area contributed by atoms with E-state index in [-0.39, 0.29) is 18.1 Å². The van der Waals surface area contributed by atoms with Crippen molar-refractivity contribution in [2.75, 3.05) is 5.73 Å². The van der Waals surface area contributed by atoms with Crippen LogP contribution in [-0.4, -0.2) is 10.8 Å². The molecule has 0 aliphatic rings. The zero-order chi connectivity index (χ0) is 15.4. The fourth-order valence-corrected chi connectivity index (χ4v) is 2.00. The number of rotatable bonds is 4. The lowest BCUT2D eigenvalue weighted by Crippen LogP contribution is -2.22. The van der Waals surface area contributed by atoms with Crippen molar-refractivity contribution >= 4 is 33.2 Å². The van der Waals surface area contributed by atoms with E-state index in [9.17, 15) is 14.9 Å². The minimum Gasteiger partial charge on any atom is -0.398 e. The first-order chi connectivity index (χ1) is 9.97. The van der Waals surface area contributed by atoms with Crippen molar-refractivity contribution in [3.8, 4) is 0 Å². The molecule has 6 nitrogen and oxygen atoms in total. The zero-order valence-corrected chi connectivity index (χ0v) is 12.5. The number of amides is 1. The van der Waals surface area contributed by atoms with Crippen molar-refractivity contribution in [2.24, 2.45) is 0 Å². The van der Waals surface area contributed by atoms with Crippen LogP contribution in [0.25, 0.3) is 0 Å². The Kier molecular flexibility index (Phi) is 4.54. The van der Waals surface area contributed by atoms with Gasteiger partial charge in [0.25, 0.3) is 11.6 Å². The van der Waals surface area contributed by atoms with Crippen LogP contribution in [0.5, 0.6) is 0 Å². The quantitative estimate of drug-likeness (QED) is 0.503. The van der Waals surface area contributed by atoms with Crippen LogP contribution in [0.2, 0.25) is 0 Å². The highest BCUT2D eigenvalue weighted by Gasteiger charge is 2.09. The smallest absolute Gasteiger partial charge is 0.269 e. The van der Waals surface area contributed by atoms with Gasteiger partial charge in [-0.2, -0.15) is 0 Å². The number of carbonyl (C=O) groups excluding carboxylic acids is 1. The Morgan fingerprint density at radius 1 is 1.29 bits per heavy atom. The summed E-state index contributed by atoms with van der Waals surface area (Å²) in [5.41, 5.74) is 7.27. The number of nitro groups is 1. The van der Waals surface area contributed by atoms with Gasteiger partial charge in [0.15, 0.2) is 0 Å². The van der Waals surface area contributed by atoms with E-state index >= 15 is 0 Å². The summed E-state index contributed by atoms with van der Waals surface area (Å²) < 4.78 is 0.720. The van der Waals surface area contributed by atoms with E-state index in [2.05, 4.69) is 21.2 Å². The molecule has 108 valence electrons. The minimum absolute atomic E-state index is 0.00497. The molecule has 7 heteroatoms. The number of nitro benzene ring substituents is 1. The molecular formula is C14H12BrN3O3. The van der Waals surface area contributed by atoms with Crippen LogP contribution in [0.3, 0.4) is 0 Å². The molecule has 0 aliphatic carbocycles. The second kappa shape index (κ2) is 6.36. The maximum Gasteiger partial charge on any atom is 0.269 e. The van der Waals surface area contributed by atoms with E-state index in [4.69, 9.17) is 5.73 Å². The average molecular weight is 350 g/mol. The van der Waals surface area contributed by atoms with E-state index < -0.39 is 4.92 Å². The van der Waals surface area contributed by atoms with Crippen LogP contribution in [-0.2, 0) is 6.54 Å². The molecule has 0 saturated carbocycles. The Hall–Kier alpha value is -2.41. The molecule has 0 aromatic heterocycles. The maximum absolute atomic E-state index is 12.0. The molecule has 0 unspecified atom stereocenters. The van der Waals surface area contributed by atoms with Crippen molar-refractivity contribution in [2.45, 2.75) is 6.54 Å². The van der Waals surface area contributed by atoms with Gasteiger partial charge in [0.2, 0.25) is 0 Å². The first-order valence-corrected chi connectivity index (χ1v) is 6.83. The first-order valence-electron chi connectivity index (χ1n) is 6.04. The number of nitrogens with zero attached hydrogens (tertiary/aromatic N) is 1. The van der Waals surface area contributed by atoms with Crippen LogP contribution in [0.4, 0.5) is 11.4 Å². The number of non-ortho nitro benzene ring substituents is 1. The van der Waals surface area contributed by atoms with E-state index in [0.717, 1.165) is 4.47 Å². The third kappa shape index (κ3) is 3.79. The summed E-state index contributed by atoms with van der Waals surface area (Å²) in [6.07, 6.45) is 0. The topological polar surface area (TPSA) is 98.3 Å². The lowest BCUT2D eigenvalue weighted by Gasteiger charge is -2.07. The van der Waals surface area contributed by atoms with Crippen LogP contribution in [0, 0.1) is 10.1 Å². The normalized spacial score (nSPS) is 10.1. The Balaban J connectivity index is 2.05. The highest BCUT2D eigenvalue weighted by atomic mass is 79.9. The molecule has 3 N–H and O–H groups in total. The number of hydrogen-bond donors (Lipinski definition) is 2. The molecule has 0 bridgehead atoms. The van der Waals surface area contributed by atoms with Crippen molar-refractivity contribution in [3.05, 3.63) is 68.2 Å². The molecule has 1 amide bonds. The fraction of sp³-hybridized carbons (Fsp3) is 0.0714. The number of anilines is 1. The summed E-state index contributed by atoms with van der Waals surface area (Å²) in [7, 11) is 0. The molecule has 0 aliphatic heterocycles. The van der Waals surface area contributed by atoms with E-state index in [1.54, 1.807) is 30.3 Å². The molecule has 0 heterocycles. The molecule has 0 spiro atoms. The Morgan fingerprint density at radius 3 is 2.71 bits per heavy atom. The monoisotopic (exact) mass is 349 g/mol. The van der Waals surface area contributed by atoms with Crippen LogP contribution >= 0.6 is 15.9 Å². The van der Waals surface area contributed by atoms with Crippen molar-refractivity contribution in [1.82, 2.24) is 5.32 Å². The highest BCUT2D eigenvalue weighted by Crippen LogP contribution is 2.20. The van der Waals surface area contributed by atoms with Crippen molar-refractivity contribution in [3.63, 3.8) is 0 Å². The second-order valence-electron chi connectivity index (χ2n) is 4.35. The lowest BCUT2D eigenvalue weighted by molar-refractivity contribution is -0.384. The third-order valence-corrected chi connectivity index (χ3v) is 3.55. The molecule has 0 atom stereocenters. The largest absolute Gasteiger partial charge is 0.398 e. The SMILES string of the molecule is Nc1cc(C(=O)NCc2cccc([N+](=O)[O-])c2)ccc1Br. The summed E-state index contributed by atoms with van der Waals surface area (Å²) in [6.45, 7) is 0.205. The van der Waals surface area contributed by atoms with Gasteiger partial charge in [0.1, 0.15) is 0 Å². The van der Waals surface area contributed by atoms with Gasteiger partial charge in [0, 0.05) is 34.4 Å². The van der Waals surface area contributed by atoms with Gasteiger partial charge in [-0.25, -0.2) is 0 Å². The molecule has 0 radical (unpaired) electrons. The molecule has 2 aromatic carbocycles. The summed E-state index contributed by atoms with van der Waals surface area (Å²) in [5, 5.41) is 13.4. The van der Waals surface area contributed by atoms with Gasteiger partial charge < -0.3 is 11.1 Å². The predicted molar refractivity (Wildman–Crippen MR) is 82.8 cm³/mol. The van der Waals surface area contributed by atoms with Crippen molar-refractivity contribution < 1.29 is 9.72 Å². The standard InChI is InChI=1S/C14H12BrN3O3/c15-12-5-4-10(7-13(12)16)14(19)17-8-9-2-1-3-11(6-9)18(20)21/h1-7H,8,16H2,(H,17,19). The first kappa shape index (κ1) is 15.0. The highest BCUT2D eigenvalue weighted by molar-refractivity contribution is 9.10. The maximum atomic E-state index is 12.0. The summed E-state index contributed by atoms with van der Waals surface area (Å²) in [5.74, 6) is -0.291. The number of halogens is 1. The summed E-state index contributed by atoms with van der Waals surface area (Å²) >= 11 is 3.26. The Morgan fingerprint density at radius 2 is 2.05 bits per heavy atom. The van der Waals surface area contributed by atoms with Gasteiger partial charge in [-0.3, -0.25) is 14.9 Å². The predicted octanol–water partition coefficient (Wildman–Crippen LogP) is 2.87. The zero-order valence-electron chi connectivity index (χ0n) is 10.9. The number of nitrogen functional groups attached to an aromatic ring is 1. The third-order valence-electron chi connectivity index (χ3n) is 2.83. The number of nitrogens with two attached hydrogens (primary N) is 1. The Labute approximate surface area is 129 Å². The Bertz CT molecular complexity index is 704. The molecule has 21 heavy (non-hydrogen) atoms. The van der Waals surface area contributed by atoms with Gasteiger partial charge in [-0.1, -0.05) is 12.1 Å². The molecule has 0 saturated heterocycles. The van der Waals surface area contributed by atoms with Crippen LogP contribution in [0.1, 0.15) is 15.9 Å². The van der Waals surface area contributed by atoms with Crippen LogP contribution < -0.4 is 11.1 Å². The number of hydrogen-bond acceptors (Lipinski definition) is 4. The minimum atomic E-state index is -0.471. The molecule has 2 rings (SSSR count). The van der Waals surface area contributed by atoms with Gasteiger partial charge >= 0.3 is 0 Å². The van der Waals surface area contributed by atoms with Gasteiger partial charge in [-0.15, -0.1) is 0 Å². The average Bonchev–Trinajstić information content (AvgIpc) is 2.48. The molecule has 0 fully saturated rings. The molecule has 2 aromatic rings. The van der Waals surface area contributed by atoms with E-state index in [1.807, 2.05) is 0 Å². The molecular weight excluding hydrogens is 338 g/mol. The number of carbonyl (C=O) groups is 1. The lowest BCUT2D eigenvalue weighted by atomic mass is 10.1. The van der Waals surface area contributed by atoms with E-state index in [0.29, 0.717) is 16.8 Å². The summed E-state index contributed by atoms with van der Waals surface area (Å²) in [6, 6.07) is 11.0. The second-order valence-corrected chi connectivity index (χ2v) is 5.20. The summed E-state index contributed by atoms with van der Waals surface area (Å²) in [4.78, 5) is 22.2. The van der Waals surface area contributed by atoms with Gasteiger partial charge in [0.05, 0.1) is 4.92 Å². The van der Waals surface area contributed by atoms with Gasteiger partial charge in [-0.05, 0) is 39.7 Å². The van der Waals surface area contributed by atoms with Crippen LogP contribution in [0.15, 0.2) is 46.9 Å². The number of benzene rings is 2. The van der Waals surface area contributed by atoms with E-state index in [1.165, 1.54) is 12.1 Å². The fourth-order valence-electron chi connectivity index (χ4n) is 1.75. The van der Waals surface area contributed by atoms with Crippen molar-refractivity contribution in [1.29, 1.82) is 0 Å². The number of nitrogens with one attached hydrogen (secondary N) is 1.